The third-order valence-corrected chi connectivity index (χ3v) is 5.20. The first-order chi connectivity index (χ1) is 15.1. The lowest BCUT2D eigenvalue weighted by atomic mass is 10.1. The molecule has 0 unspecified atom stereocenters. The normalized spacial score (nSPS) is 10.8. The van der Waals surface area contributed by atoms with Gasteiger partial charge < -0.3 is 14.8 Å². The minimum absolute atomic E-state index is 0.561. The first-order valence-electron chi connectivity index (χ1n) is 10.0. The first kappa shape index (κ1) is 20.9. The molecule has 0 bridgehead atoms. The van der Waals surface area contributed by atoms with Gasteiger partial charge >= 0.3 is 0 Å². The number of ether oxygens (including phenoxy) is 2. The van der Waals surface area contributed by atoms with Crippen LogP contribution in [0.25, 0.3) is 22.3 Å². The van der Waals surface area contributed by atoms with Crippen LogP contribution in [0.3, 0.4) is 0 Å². The van der Waals surface area contributed by atoms with Crippen LogP contribution >= 0.6 is 11.6 Å². The van der Waals surface area contributed by atoms with Gasteiger partial charge in [-0.2, -0.15) is 0 Å². The van der Waals surface area contributed by atoms with Crippen LogP contribution in [0.1, 0.15) is 18.9 Å². The van der Waals surface area contributed by atoms with Crippen molar-refractivity contribution in [1.29, 1.82) is 0 Å². The highest BCUT2D eigenvalue weighted by molar-refractivity contribution is 6.31. The molecule has 0 fully saturated rings. The number of fused-ring (bicyclic) bond motifs is 1. The Hall–Kier alpha value is -3.38. The van der Waals surface area contributed by atoms with Crippen LogP contribution in [-0.4, -0.2) is 28.7 Å². The van der Waals surface area contributed by atoms with Gasteiger partial charge in [0.1, 0.15) is 5.82 Å². The monoisotopic (exact) mass is 434 g/mol. The van der Waals surface area contributed by atoms with E-state index in [0.29, 0.717) is 34.8 Å². The predicted octanol–water partition coefficient (Wildman–Crippen LogP) is 6.19. The topological polar surface area (TPSA) is 69.2 Å². The number of aryl methyl sites for hydroxylation is 1. The van der Waals surface area contributed by atoms with Crippen molar-refractivity contribution >= 4 is 34.0 Å². The maximum Gasteiger partial charge on any atom is 0.163 e. The van der Waals surface area contributed by atoms with Gasteiger partial charge in [0, 0.05) is 40.1 Å². The van der Waals surface area contributed by atoms with Crippen LogP contribution in [0.5, 0.6) is 11.5 Å². The van der Waals surface area contributed by atoms with Crippen LogP contribution in [-0.2, 0) is 0 Å². The van der Waals surface area contributed by atoms with Gasteiger partial charge in [-0.1, -0.05) is 24.6 Å². The maximum absolute atomic E-state index is 6.33. The first-order valence-corrected chi connectivity index (χ1v) is 10.4. The second kappa shape index (κ2) is 9.18. The van der Waals surface area contributed by atoms with E-state index in [2.05, 4.69) is 17.2 Å². The Balaban J connectivity index is 1.89. The molecule has 2 aromatic heterocycles. The molecule has 0 atom stereocenters. The predicted molar refractivity (Wildman–Crippen MR) is 125 cm³/mol. The van der Waals surface area contributed by atoms with Gasteiger partial charge in [0.25, 0.3) is 0 Å². The van der Waals surface area contributed by atoms with E-state index in [0.717, 1.165) is 34.1 Å². The summed E-state index contributed by atoms with van der Waals surface area (Å²) in [5.41, 5.74) is 3.39. The Morgan fingerprint density at radius 2 is 1.94 bits per heavy atom. The number of nitrogens with one attached hydrogen (secondary N) is 1. The summed E-state index contributed by atoms with van der Waals surface area (Å²) in [6.45, 7) is 4.62. The molecule has 0 aliphatic carbocycles. The van der Waals surface area contributed by atoms with Crippen molar-refractivity contribution in [2.24, 2.45) is 0 Å². The fraction of sp³-hybridized carbons (Fsp3) is 0.208. The highest BCUT2D eigenvalue weighted by Crippen LogP contribution is 2.36. The maximum atomic E-state index is 6.33. The molecule has 31 heavy (non-hydrogen) atoms. The van der Waals surface area contributed by atoms with E-state index in [-0.39, 0.29) is 0 Å². The molecular formula is C24H23ClN4O2. The molecule has 1 N–H and O–H groups in total. The van der Waals surface area contributed by atoms with E-state index in [4.69, 9.17) is 31.0 Å². The SMILES string of the molecule is CCCOc1cc2c(Nc3ccc(C)c(Cl)c3)nc(-c3cccnc3)nc2cc1OC. The lowest BCUT2D eigenvalue weighted by Gasteiger charge is -2.15. The number of hydrogen-bond acceptors (Lipinski definition) is 6. The van der Waals surface area contributed by atoms with Crippen molar-refractivity contribution in [2.75, 3.05) is 19.0 Å². The lowest BCUT2D eigenvalue weighted by Crippen LogP contribution is -2.02. The van der Waals surface area contributed by atoms with Gasteiger partial charge in [-0.3, -0.25) is 4.98 Å². The van der Waals surface area contributed by atoms with Gasteiger partial charge in [0.15, 0.2) is 17.3 Å². The summed E-state index contributed by atoms with van der Waals surface area (Å²) >= 11 is 6.33. The Morgan fingerprint density at radius 1 is 1.06 bits per heavy atom. The summed E-state index contributed by atoms with van der Waals surface area (Å²) in [6.07, 6.45) is 4.35. The Bertz CT molecular complexity index is 1220. The number of rotatable bonds is 7. The number of hydrogen-bond donors (Lipinski definition) is 1. The largest absolute Gasteiger partial charge is 0.493 e. The van der Waals surface area contributed by atoms with Crippen molar-refractivity contribution < 1.29 is 9.47 Å². The lowest BCUT2D eigenvalue weighted by molar-refractivity contribution is 0.295. The third kappa shape index (κ3) is 4.54. The molecular weight excluding hydrogens is 412 g/mol. The molecule has 7 heteroatoms. The highest BCUT2D eigenvalue weighted by atomic mass is 35.5. The summed E-state index contributed by atoms with van der Waals surface area (Å²) in [7, 11) is 1.62. The quantitative estimate of drug-likeness (QED) is 0.373. The van der Waals surface area contributed by atoms with Crippen molar-refractivity contribution in [3.05, 3.63) is 65.4 Å². The molecule has 4 aromatic rings. The zero-order chi connectivity index (χ0) is 21.8. The van der Waals surface area contributed by atoms with E-state index in [1.807, 2.05) is 49.4 Å². The third-order valence-electron chi connectivity index (χ3n) is 4.80. The standard InChI is InChI=1S/C24H23ClN4O2/c1-4-10-31-22-12-18-20(13-21(22)30-3)28-23(16-6-5-9-26-14-16)29-24(18)27-17-8-7-15(2)19(25)11-17/h5-9,11-14H,4,10H2,1-3H3,(H,27,28,29). The van der Waals surface area contributed by atoms with E-state index >= 15 is 0 Å². The fourth-order valence-corrected chi connectivity index (χ4v) is 3.33. The van der Waals surface area contributed by atoms with Crippen molar-refractivity contribution in [2.45, 2.75) is 20.3 Å². The summed E-state index contributed by atoms with van der Waals surface area (Å²) in [5.74, 6) is 2.49. The summed E-state index contributed by atoms with van der Waals surface area (Å²) in [4.78, 5) is 13.7. The Morgan fingerprint density at radius 3 is 2.65 bits per heavy atom. The van der Waals surface area contributed by atoms with Gasteiger partial charge in [0.05, 0.1) is 19.2 Å². The molecule has 0 saturated heterocycles. The van der Waals surface area contributed by atoms with Crippen molar-refractivity contribution in [1.82, 2.24) is 15.0 Å². The average Bonchev–Trinajstić information content (AvgIpc) is 2.80. The van der Waals surface area contributed by atoms with E-state index in [1.54, 1.807) is 19.5 Å². The number of nitrogens with zero attached hydrogens (tertiary/aromatic N) is 3. The molecule has 0 amide bonds. The Kier molecular flexibility index (Phi) is 6.18. The minimum atomic E-state index is 0.561. The molecule has 0 aliphatic rings. The molecule has 6 nitrogen and oxygen atoms in total. The molecule has 2 heterocycles. The van der Waals surface area contributed by atoms with Gasteiger partial charge in [-0.15, -0.1) is 0 Å². The van der Waals surface area contributed by atoms with Crippen molar-refractivity contribution in [3.63, 3.8) is 0 Å². The van der Waals surface area contributed by atoms with Crippen LogP contribution in [0, 0.1) is 6.92 Å². The van der Waals surface area contributed by atoms with Crippen LogP contribution < -0.4 is 14.8 Å². The minimum Gasteiger partial charge on any atom is -0.493 e. The molecule has 0 saturated carbocycles. The van der Waals surface area contributed by atoms with Gasteiger partial charge in [-0.25, -0.2) is 9.97 Å². The summed E-state index contributed by atoms with van der Waals surface area (Å²) in [6, 6.07) is 13.4. The van der Waals surface area contributed by atoms with Crippen LogP contribution in [0.15, 0.2) is 54.9 Å². The number of pyridine rings is 1. The second-order valence-corrected chi connectivity index (χ2v) is 7.50. The van der Waals surface area contributed by atoms with Gasteiger partial charge in [0.2, 0.25) is 0 Å². The summed E-state index contributed by atoms with van der Waals surface area (Å²) in [5, 5.41) is 4.89. The number of anilines is 2. The Labute approximate surface area is 186 Å². The van der Waals surface area contributed by atoms with E-state index < -0.39 is 0 Å². The van der Waals surface area contributed by atoms with Crippen LogP contribution in [0.2, 0.25) is 5.02 Å². The number of methoxy groups -OCH3 is 1. The molecule has 0 spiro atoms. The smallest absolute Gasteiger partial charge is 0.163 e. The van der Waals surface area contributed by atoms with E-state index in [9.17, 15) is 0 Å². The molecule has 0 aliphatic heterocycles. The fourth-order valence-electron chi connectivity index (χ4n) is 3.15. The molecule has 0 radical (unpaired) electrons. The van der Waals surface area contributed by atoms with E-state index in [1.165, 1.54) is 0 Å². The second-order valence-electron chi connectivity index (χ2n) is 7.10. The number of halogens is 1. The molecule has 2 aromatic carbocycles. The van der Waals surface area contributed by atoms with Crippen LogP contribution in [0.4, 0.5) is 11.5 Å². The number of aromatic nitrogens is 3. The molecule has 4 rings (SSSR count). The highest BCUT2D eigenvalue weighted by Gasteiger charge is 2.15. The zero-order valence-corrected chi connectivity index (χ0v) is 18.4. The average molecular weight is 435 g/mol. The van der Waals surface area contributed by atoms with Crippen molar-refractivity contribution in [3.8, 4) is 22.9 Å². The number of benzene rings is 2. The molecule has 158 valence electrons. The summed E-state index contributed by atoms with van der Waals surface area (Å²) < 4.78 is 11.4. The zero-order valence-electron chi connectivity index (χ0n) is 17.6. The van der Waals surface area contributed by atoms with Gasteiger partial charge in [-0.05, 0) is 49.2 Å².